The summed E-state index contributed by atoms with van der Waals surface area (Å²) >= 11 is 6.07. The van der Waals surface area contributed by atoms with Gasteiger partial charge in [0.25, 0.3) is 0 Å². The zero-order valence-electron chi connectivity index (χ0n) is 16.6. The first kappa shape index (κ1) is 20.0. The van der Waals surface area contributed by atoms with Crippen molar-refractivity contribution in [2.45, 2.75) is 6.10 Å². The second-order valence-corrected chi connectivity index (χ2v) is 7.81. The second-order valence-electron chi connectivity index (χ2n) is 7.38. The normalized spacial score (nSPS) is 16.0. The molecule has 1 saturated heterocycles. The lowest BCUT2D eigenvalue weighted by molar-refractivity contribution is 0.0586. The molecule has 1 aliphatic rings. The number of benzene rings is 3. The lowest BCUT2D eigenvalue weighted by Crippen LogP contribution is -2.47. The summed E-state index contributed by atoms with van der Waals surface area (Å²) in [5, 5.41) is 0.747. The highest BCUT2D eigenvalue weighted by Crippen LogP contribution is 2.27. The number of para-hydroxylation sites is 1. The predicted octanol–water partition coefficient (Wildman–Crippen LogP) is 5.27. The molecule has 0 N–H and O–H groups in total. The molecule has 3 aromatic rings. The van der Waals surface area contributed by atoms with Gasteiger partial charge in [-0.3, -0.25) is 4.90 Å². The fourth-order valence-corrected chi connectivity index (χ4v) is 3.94. The Hall–Kier alpha value is -2.33. The fourth-order valence-electron chi connectivity index (χ4n) is 3.82. The van der Waals surface area contributed by atoms with Crippen molar-refractivity contribution in [3.05, 3.63) is 101 Å². The van der Waals surface area contributed by atoms with E-state index < -0.39 is 0 Å². The molecule has 4 rings (SSSR count). The fraction of sp³-hybridized carbons (Fsp3) is 0.280. The molecule has 1 fully saturated rings. The average Bonchev–Trinajstić information content (AvgIpc) is 2.79. The zero-order valence-corrected chi connectivity index (χ0v) is 17.3. The van der Waals surface area contributed by atoms with Crippen LogP contribution >= 0.6 is 11.6 Å². The Morgan fingerprint density at radius 2 is 1.31 bits per heavy atom. The predicted molar refractivity (Wildman–Crippen MR) is 121 cm³/mol. The highest BCUT2D eigenvalue weighted by atomic mass is 35.5. The van der Waals surface area contributed by atoms with Crippen molar-refractivity contribution in [1.82, 2.24) is 4.90 Å². The summed E-state index contributed by atoms with van der Waals surface area (Å²) in [5.41, 5.74) is 3.62. The Morgan fingerprint density at radius 1 is 0.724 bits per heavy atom. The smallest absolute Gasteiger partial charge is 0.108 e. The van der Waals surface area contributed by atoms with Crippen LogP contribution in [0.4, 0.5) is 5.69 Å². The van der Waals surface area contributed by atoms with Gasteiger partial charge < -0.3 is 9.64 Å². The Balaban J connectivity index is 1.32. The highest BCUT2D eigenvalue weighted by Gasteiger charge is 2.19. The van der Waals surface area contributed by atoms with Gasteiger partial charge in [-0.05, 0) is 35.4 Å². The Morgan fingerprint density at radius 3 is 1.97 bits per heavy atom. The van der Waals surface area contributed by atoms with Crippen LogP contribution in [0.25, 0.3) is 0 Å². The van der Waals surface area contributed by atoms with Gasteiger partial charge in [-0.25, -0.2) is 0 Å². The van der Waals surface area contributed by atoms with Gasteiger partial charge in [0.2, 0.25) is 0 Å². The molecule has 0 aromatic heterocycles. The molecule has 0 bridgehead atoms. The van der Waals surface area contributed by atoms with Gasteiger partial charge in [0.05, 0.1) is 6.61 Å². The van der Waals surface area contributed by atoms with Crippen LogP contribution in [-0.2, 0) is 4.74 Å². The van der Waals surface area contributed by atoms with Crippen LogP contribution in [0.15, 0.2) is 84.9 Å². The van der Waals surface area contributed by atoms with Crippen LogP contribution in [0.5, 0.6) is 0 Å². The number of ether oxygens (including phenoxy) is 1. The van der Waals surface area contributed by atoms with Crippen molar-refractivity contribution < 1.29 is 4.74 Å². The van der Waals surface area contributed by atoms with Crippen LogP contribution < -0.4 is 4.90 Å². The minimum atomic E-state index is -0.0703. The van der Waals surface area contributed by atoms with Crippen LogP contribution in [-0.4, -0.2) is 44.2 Å². The molecule has 0 amide bonds. The van der Waals surface area contributed by atoms with E-state index in [2.05, 4.69) is 76.5 Å². The molecule has 150 valence electrons. The Kier molecular flexibility index (Phi) is 6.83. The largest absolute Gasteiger partial charge is 0.369 e. The van der Waals surface area contributed by atoms with Gasteiger partial charge in [-0.1, -0.05) is 72.3 Å². The lowest BCUT2D eigenvalue weighted by atomic mass is 10.0. The first-order valence-electron chi connectivity index (χ1n) is 10.2. The third-order valence-corrected chi connectivity index (χ3v) is 5.71. The third-order valence-electron chi connectivity index (χ3n) is 5.46. The molecule has 3 nitrogen and oxygen atoms in total. The van der Waals surface area contributed by atoms with Gasteiger partial charge in [-0.2, -0.15) is 0 Å². The molecule has 0 aliphatic carbocycles. The van der Waals surface area contributed by atoms with Gasteiger partial charge in [0.15, 0.2) is 0 Å². The second kappa shape index (κ2) is 9.93. The van der Waals surface area contributed by atoms with E-state index in [1.165, 1.54) is 11.3 Å². The van der Waals surface area contributed by atoms with Crippen molar-refractivity contribution >= 4 is 17.3 Å². The number of hydrogen-bond donors (Lipinski definition) is 0. The standard InChI is InChI=1S/C25H27ClN2O/c26-23-13-11-22(12-14-23)25(21-7-3-1-4-8-21)29-20-19-27-15-17-28(18-16-27)24-9-5-2-6-10-24/h1-14,25H,15-20H2. The maximum atomic E-state index is 6.37. The SMILES string of the molecule is Clc1ccc(C(OCCN2CCN(c3ccccc3)CC2)c2ccccc2)cc1. The van der Waals surface area contributed by atoms with Crippen molar-refractivity contribution in [2.24, 2.45) is 0 Å². The first-order chi connectivity index (χ1) is 14.3. The van der Waals surface area contributed by atoms with Crippen molar-refractivity contribution in [3.63, 3.8) is 0 Å². The zero-order chi connectivity index (χ0) is 19.9. The number of anilines is 1. The summed E-state index contributed by atoms with van der Waals surface area (Å²) < 4.78 is 6.37. The third kappa shape index (κ3) is 5.39. The lowest BCUT2D eigenvalue weighted by Gasteiger charge is -2.36. The molecule has 1 aliphatic heterocycles. The number of halogens is 1. The van der Waals surface area contributed by atoms with Crippen LogP contribution in [0.1, 0.15) is 17.2 Å². The number of piperazine rings is 1. The van der Waals surface area contributed by atoms with Crippen LogP contribution in [0.2, 0.25) is 5.02 Å². The number of hydrogen-bond acceptors (Lipinski definition) is 3. The minimum absolute atomic E-state index is 0.0703. The average molecular weight is 407 g/mol. The summed E-state index contributed by atoms with van der Waals surface area (Å²) in [6.07, 6.45) is -0.0703. The van der Waals surface area contributed by atoms with Crippen molar-refractivity contribution in [3.8, 4) is 0 Å². The molecule has 0 saturated carbocycles. The maximum Gasteiger partial charge on any atom is 0.108 e. The summed E-state index contributed by atoms with van der Waals surface area (Å²) in [6.45, 7) is 5.89. The Bertz CT molecular complexity index is 862. The number of rotatable bonds is 7. The molecule has 1 atom stereocenters. The molecular weight excluding hydrogens is 380 g/mol. The van der Waals surface area contributed by atoms with Crippen molar-refractivity contribution in [2.75, 3.05) is 44.2 Å². The van der Waals surface area contributed by atoms with E-state index >= 15 is 0 Å². The molecule has 4 heteroatoms. The van der Waals surface area contributed by atoms with Crippen LogP contribution in [0, 0.1) is 0 Å². The van der Waals surface area contributed by atoms with Gasteiger partial charge in [0.1, 0.15) is 6.10 Å². The summed E-state index contributed by atoms with van der Waals surface area (Å²) in [5.74, 6) is 0. The molecule has 1 heterocycles. The van der Waals surface area contributed by atoms with Gasteiger partial charge in [-0.15, -0.1) is 0 Å². The van der Waals surface area contributed by atoms with E-state index in [-0.39, 0.29) is 6.10 Å². The molecule has 0 radical (unpaired) electrons. The summed E-state index contributed by atoms with van der Waals surface area (Å²) in [6, 6.07) is 29.0. The Labute approximate surface area is 178 Å². The first-order valence-corrected chi connectivity index (χ1v) is 10.6. The maximum absolute atomic E-state index is 6.37. The monoisotopic (exact) mass is 406 g/mol. The summed E-state index contributed by atoms with van der Waals surface area (Å²) in [7, 11) is 0. The molecule has 0 spiro atoms. The minimum Gasteiger partial charge on any atom is -0.369 e. The molecular formula is C25H27ClN2O. The van der Waals surface area contributed by atoms with Crippen LogP contribution in [0.3, 0.4) is 0 Å². The van der Waals surface area contributed by atoms with E-state index in [0.29, 0.717) is 6.61 Å². The topological polar surface area (TPSA) is 15.7 Å². The van der Waals surface area contributed by atoms with E-state index in [4.69, 9.17) is 16.3 Å². The molecule has 3 aromatic carbocycles. The van der Waals surface area contributed by atoms with E-state index in [0.717, 1.165) is 43.3 Å². The number of nitrogens with zero attached hydrogens (tertiary/aromatic N) is 2. The molecule has 1 unspecified atom stereocenters. The highest BCUT2D eigenvalue weighted by molar-refractivity contribution is 6.30. The quantitative estimate of drug-likeness (QED) is 0.531. The molecule has 29 heavy (non-hydrogen) atoms. The van der Waals surface area contributed by atoms with E-state index in [1.54, 1.807) is 0 Å². The van der Waals surface area contributed by atoms with E-state index in [1.807, 2.05) is 18.2 Å². The van der Waals surface area contributed by atoms with Gasteiger partial charge >= 0.3 is 0 Å². The van der Waals surface area contributed by atoms with E-state index in [9.17, 15) is 0 Å². The summed E-state index contributed by atoms with van der Waals surface area (Å²) in [4.78, 5) is 4.95. The van der Waals surface area contributed by atoms with Gasteiger partial charge in [0, 0.05) is 43.4 Å². The van der Waals surface area contributed by atoms with Crippen molar-refractivity contribution in [1.29, 1.82) is 0 Å².